The van der Waals surface area contributed by atoms with Gasteiger partial charge in [0.2, 0.25) is 5.91 Å². The molecular formula is C17H19N7O. The quantitative estimate of drug-likeness (QED) is 0.775. The molecule has 1 aliphatic rings. The predicted octanol–water partition coefficient (Wildman–Crippen LogP) is 1.46. The molecule has 1 aromatic carbocycles. The minimum absolute atomic E-state index is 0.0550. The fourth-order valence-corrected chi connectivity index (χ4v) is 3.07. The van der Waals surface area contributed by atoms with Gasteiger partial charge in [-0.1, -0.05) is 11.3 Å². The Morgan fingerprint density at radius 2 is 2.00 bits per heavy atom. The van der Waals surface area contributed by atoms with E-state index in [9.17, 15) is 4.79 Å². The number of hydrogen-bond donors (Lipinski definition) is 1. The van der Waals surface area contributed by atoms with Crippen LogP contribution in [0, 0.1) is 0 Å². The van der Waals surface area contributed by atoms with E-state index in [2.05, 4.69) is 30.7 Å². The van der Waals surface area contributed by atoms with Crippen molar-refractivity contribution in [3.63, 3.8) is 0 Å². The van der Waals surface area contributed by atoms with Crippen LogP contribution in [0.2, 0.25) is 0 Å². The number of nitrogens with one attached hydrogen (secondary N) is 1. The average molecular weight is 337 g/mol. The number of carbonyl (C=O) groups excluding carboxylic acids is 1. The molecule has 4 rings (SSSR count). The molecule has 1 saturated heterocycles. The van der Waals surface area contributed by atoms with Gasteiger partial charge in [-0.15, -0.1) is 15.3 Å². The first-order valence-corrected chi connectivity index (χ1v) is 8.34. The number of likely N-dealkylation sites (tertiary alicyclic amines) is 1. The molecular weight excluding hydrogens is 318 g/mol. The molecule has 1 aliphatic heterocycles. The molecule has 128 valence electrons. The molecule has 8 heteroatoms. The van der Waals surface area contributed by atoms with Crippen molar-refractivity contribution in [2.75, 3.05) is 25.0 Å². The highest BCUT2D eigenvalue weighted by atomic mass is 16.2. The lowest BCUT2D eigenvalue weighted by molar-refractivity contribution is -0.117. The Balaban J connectivity index is 1.54. The lowest BCUT2D eigenvalue weighted by Crippen LogP contribution is -2.31. The van der Waals surface area contributed by atoms with Gasteiger partial charge < -0.3 is 5.32 Å². The highest BCUT2D eigenvalue weighted by Crippen LogP contribution is 2.22. The maximum atomic E-state index is 12.2. The number of anilines is 1. The maximum absolute atomic E-state index is 12.2. The third kappa shape index (κ3) is 3.48. The topological polar surface area (TPSA) is 88.8 Å². The van der Waals surface area contributed by atoms with Gasteiger partial charge >= 0.3 is 0 Å². The van der Waals surface area contributed by atoms with Gasteiger partial charge in [-0.2, -0.15) is 0 Å². The minimum atomic E-state index is -0.0550. The summed E-state index contributed by atoms with van der Waals surface area (Å²) in [5, 5.41) is 20.1. The van der Waals surface area contributed by atoms with E-state index in [-0.39, 0.29) is 5.91 Å². The molecule has 1 amide bonds. The molecule has 0 unspecified atom stereocenters. The zero-order valence-corrected chi connectivity index (χ0v) is 14.0. The standard InChI is InChI=1S/C17H19N7O/c1-23-10-15(20-22-23)12-4-5-14-13(8-12)9-16(21-19-14)18-17(25)11-24-6-2-3-7-24/h4-5,8-10H,2-3,6-7,11H2,1H3,(H,18,21,25). The lowest BCUT2D eigenvalue weighted by atomic mass is 10.1. The minimum Gasteiger partial charge on any atom is -0.308 e. The van der Waals surface area contributed by atoms with E-state index in [1.807, 2.05) is 37.5 Å². The molecule has 0 spiro atoms. The van der Waals surface area contributed by atoms with Crippen molar-refractivity contribution >= 4 is 22.6 Å². The Morgan fingerprint density at radius 1 is 1.16 bits per heavy atom. The van der Waals surface area contributed by atoms with E-state index >= 15 is 0 Å². The average Bonchev–Trinajstić information content (AvgIpc) is 3.26. The highest BCUT2D eigenvalue weighted by molar-refractivity contribution is 5.93. The van der Waals surface area contributed by atoms with Crippen molar-refractivity contribution in [3.05, 3.63) is 30.5 Å². The van der Waals surface area contributed by atoms with Crippen LogP contribution in [-0.2, 0) is 11.8 Å². The predicted molar refractivity (Wildman–Crippen MR) is 93.8 cm³/mol. The smallest absolute Gasteiger partial charge is 0.239 e. The fraction of sp³-hybridized carbons (Fsp3) is 0.353. The molecule has 3 aromatic rings. The number of carbonyl (C=O) groups is 1. The van der Waals surface area contributed by atoms with E-state index < -0.39 is 0 Å². The zero-order valence-electron chi connectivity index (χ0n) is 14.0. The molecule has 25 heavy (non-hydrogen) atoms. The fourth-order valence-electron chi connectivity index (χ4n) is 3.07. The van der Waals surface area contributed by atoms with E-state index in [0.29, 0.717) is 12.4 Å². The van der Waals surface area contributed by atoms with Crippen molar-refractivity contribution in [3.8, 4) is 11.3 Å². The first-order chi connectivity index (χ1) is 12.2. The van der Waals surface area contributed by atoms with Crippen LogP contribution < -0.4 is 5.32 Å². The summed E-state index contributed by atoms with van der Waals surface area (Å²) in [4.78, 5) is 14.3. The van der Waals surface area contributed by atoms with Crippen LogP contribution in [-0.4, -0.2) is 55.6 Å². The second-order valence-corrected chi connectivity index (χ2v) is 6.31. The van der Waals surface area contributed by atoms with E-state index in [0.717, 1.165) is 48.1 Å². The summed E-state index contributed by atoms with van der Waals surface area (Å²) in [5.41, 5.74) is 2.51. The highest BCUT2D eigenvalue weighted by Gasteiger charge is 2.15. The second kappa shape index (κ2) is 6.56. The molecule has 0 bridgehead atoms. The third-order valence-corrected chi connectivity index (χ3v) is 4.32. The summed E-state index contributed by atoms with van der Waals surface area (Å²) in [6.45, 7) is 2.37. The number of aryl methyl sites for hydroxylation is 1. The molecule has 8 nitrogen and oxygen atoms in total. The van der Waals surface area contributed by atoms with Gasteiger partial charge in [-0.05, 0) is 44.1 Å². The summed E-state index contributed by atoms with van der Waals surface area (Å²) >= 11 is 0. The lowest BCUT2D eigenvalue weighted by Gasteiger charge is -2.13. The number of hydrogen-bond acceptors (Lipinski definition) is 6. The van der Waals surface area contributed by atoms with Crippen LogP contribution in [0.3, 0.4) is 0 Å². The number of rotatable bonds is 4. The van der Waals surface area contributed by atoms with Crippen LogP contribution in [0.1, 0.15) is 12.8 Å². The molecule has 1 fully saturated rings. The van der Waals surface area contributed by atoms with E-state index in [1.165, 1.54) is 0 Å². The molecule has 0 saturated carbocycles. The van der Waals surface area contributed by atoms with E-state index in [1.54, 1.807) is 4.68 Å². The number of amides is 1. The maximum Gasteiger partial charge on any atom is 0.239 e. The zero-order chi connectivity index (χ0) is 17.2. The van der Waals surface area contributed by atoms with Gasteiger partial charge in [0, 0.05) is 18.0 Å². The summed E-state index contributed by atoms with van der Waals surface area (Å²) in [6, 6.07) is 7.64. The number of nitrogens with zero attached hydrogens (tertiary/aromatic N) is 6. The molecule has 0 atom stereocenters. The molecule has 2 aromatic heterocycles. The van der Waals surface area contributed by atoms with Crippen molar-refractivity contribution in [1.29, 1.82) is 0 Å². The summed E-state index contributed by atoms with van der Waals surface area (Å²) in [7, 11) is 1.83. The molecule has 0 aliphatic carbocycles. The Kier molecular flexibility index (Phi) is 4.10. The van der Waals surface area contributed by atoms with Gasteiger partial charge in [-0.25, -0.2) is 0 Å². The monoisotopic (exact) mass is 337 g/mol. The second-order valence-electron chi connectivity index (χ2n) is 6.31. The summed E-state index contributed by atoms with van der Waals surface area (Å²) < 4.78 is 1.66. The Bertz CT molecular complexity index is 914. The van der Waals surface area contributed by atoms with Gasteiger partial charge in [0.05, 0.1) is 18.3 Å². The summed E-state index contributed by atoms with van der Waals surface area (Å²) in [6.07, 6.45) is 4.18. The van der Waals surface area contributed by atoms with Crippen LogP contribution in [0.15, 0.2) is 30.5 Å². The Morgan fingerprint density at radius 3 is 2.76 bits per heavy atom. The number of benzene rings is 1. The molecule has 1 N–H and O–H groups in total. The third-order valence-electron chi connectivity index (χ3n) is 4.32. The van der Waals surface area contributed by atoms with Crippen LogP contribution in [0.4, 0.5) is 5.82 Å². The van der Waals surface area contributed by atoms with Gasteiger partial charge in [0.25, 0.3) is 0 Å². The van der Waals surface area contributed by atoms with Crippen molar-refractivity contribution in [1.82, 2.24) is 30.1 Å². The van der Waals surface area contributed by atoms with E-state index in [4.69, 9.17) is 0 Å². The van der Waals surface area contributed by atoms with Gasteiger partial charge in [0.1, 0.15) is 5.69 Å². The Hall–Kier alpha value is -2.87. The largest absolute Gasteiger partial charge is 0.308 e. The van der Waals surface area contributed by atoms with Crippen molar-refractivity contribution in [2.24, 2.45) is 7.05 Å². The number of aromatic nitrogens is 5. The van der Waals surface area contributed by atoms with Crippen molar-refractivity contribution in [2.45, 2.75) is 12.8 Å². The summed E-state index contributed by atoms with van der Waals surface area (Å²) in [5.74, 6) is 0.411. The molecule has 3 heterocycles. The molecule has 0 radical (unpaired) electrons. The van der Waals surface area contributed by atoms with Crippen LogP contribution in [0.25, 0.3) is 22.2 Å². The van der Waals surface area contributed by atoms with Crippen molar-refractivity contribution < 1.29 is 4.79 Å². The van der Waals surface area contributed by atoms with Gasteiger partial charge in [-0.3, -0.25) is 14.4 Å². The first kappa shape index (κ1) is 15.6. The normalized spacial score (nSPS) is 14.9. The first-order valence-electron chi connectivity index (χ1n) is 8.34. The van der Waals surface area contributed by atoms with Crippen LogP contribution >= 0.6 is 0 Å². The Labute approximate surface area is 144 Å². The van der Waals surface area contributed by atoms with Gasteiger partial charge in [0.15, 0.2) is 5.82 Å². The van der Waals surface area contributed by atoms with Crippen LogP contribution in [0.5, 0.6) is 0 Å². The number of fused-ring (bicyclic) bond motifs is 1. The SMILES string of the molecule is Cn1cc(-c2ccc3nnc(NC(=O)CN4CCCC4)cc3c2)nn1.